The monoisotopic (exact) mass is 188 g/mol. The van der Waals surface area contributed by atoms with E-state index < -0.39 is 0 Å². The van der Waals surface area contributed by atoms with Gasteiger partial charge in [0.2, 0.25) is 0 Å². The van der Waals surface area contributed by atoms with Crippen molar-refractivity contribution >= 4 is 0 Å². The van der Waals surface area contributed by atoms with Gasteiger partial charge in [-0.1, -0.05) is 6.07 Å². The number of hydrogen-bond donors (Lipinski definition) is 1. The third-order valence-corrected chi connectivity index (χ3v) is 1.96. The van der Waals surface area contributed by atoms with Crippen LogP contribution in [0.4, 0.5) is 0 Å². The lowest BCUT2D eigenvalue weighted by Crippen LogP contribution is -2.04. The zero-order valence-corrected chi connectivity index (χ0v) is 8.01. The topological polar surface area (TPSA) is 56.7 Å². The van der Waals surface area contributed by atoms with Crippen LogP contribution in [0.15, 0.2) is 30.5 Å². The first-order valence-electron chi connectivity index (χ1n) is 4.48. The second-order valence-electron chi connectivity index (χ2n) is 3.09. The fourth-order valence-electron chi connectivity index (χ4n) is 1.25. The van der Waals surface area contributed by atoms with E-state index >= 15 is 0 Å². The Morgan fingerprint density at radius 3 is 2.86 bits per heavy atom. The molecule has 4 nitrogen and oxygen atoms in total. The van der Waals surface area contributed by atoms with Crippen molar-refractivity contribution < 1.29 is 0 Å². The third kappa shape index (κ3) is 1.65. The number of nitrogens with zero attached hydrogens (tertiary/aromatic N) is 3. The van der Waals surface area contributed by atoms with E-state index in [4.69, 9.17) is 5.73 Å². The van der Waals surface area contributed by atoms with E-state index in [1.54, 1.807) is 4.68 Å². The molecule has 4 heteroatoms. The summed E-state index contributed by atoms with van der Waals surface area (Å²) < 4.78 is 1.74. The number of aryl methyl sites for hydroxylation is 1. The summed E-state index contributed by atoms with van der Waals surface area (Å²) >= 11 is 0. The van der Waals surface area contributed by atoms with Crippen molar-refractivity contribution in [3.63, 3.8) is 0 Å². The van der Waals surface area contributed by atoms with Crippen LogP contribution in [0.2, 0.25) is 0 Å². The average Bonchev–Trinajstić information content (AvgIpc) is 2.65. The maximum absolute atomic E-state index is 5.51. The lowest BCUT2D eigenvalue weighted by Gasteiger charge is -2.01. The zero-order chi connectivity index (χ0) is 9.97. The number of aromatic nitrogens is 3. The van der Waals surface area contributed by atoms with Crippen molar-refractivity contribution in [1.29, 1.82) is 0 Å². The lowest BCUT2D eigenvalue weighted by molar-refractivity contribution is 0.817. The van der Waals surface area contributed by atoms with Crippen LogP contribution in [0, 0.1) is 6.92 Å². The predicted molar refractivity (Wildman–Crippen MR) is 54.0 cm³/mol. The van der Waals surface area contributed by atoms with Crippen molar-refractivity contribution in [1.82, 2.24) is 14.8 Å². The normalized spacial score (nSPS) is 10.4. The molecule has 2 N–H and O–H groups in total. The Morgan fingerprint density at radius 2 is 2.21 bits per heavy atom. The van der Waals surface area contributed by atoms with Crippen LogP contribution in [0.25, 0.3) is 5.82 Å². The first-order chi connectivity index (χ1) is 6.79. The Kier molecular flexibility index (Phi) is 2.28. The molecule has 0 aliphatic heterocycles. The maximum atomic E-state index is 5.51. The molecule has 0 spiro atoms. The van der Waals surface area contributed by atoms with Crippen LogP contribution in [0.5, 0.6) is 0 Å². The minimum Gasteiger partial charge on any atom is -0.325 e. The quantitative estimate of drug-likeness (QED) is 0.766. The van der Waals surface area contributed by atoms with Gasteiger partial charge in [-0.3, -0.25) is 0 Å². The summed E-state index contributed by atoms with van der Waals surface area (Å²) in [6, 6.07) is 7.68. The summed E-state index contributed by atoms with van der Waals surface area (Å²) in [6.45, 7) is 2.40. The van der Waals surface area contributed by atoms with Gasteiger partial charge in [-0.15, -0.1) is 0 Å². The van der Waals surface area contributed by atoms with E-state index in [1.165, 1.54) is 0 Å². The van der Waals surface area contributed by atoms with Crippen LogP contribution in [0.1, 0.15) is 11.4 Å². The second kappa shape index (κ2) is 3.59. The average molecular weight is 188 g/mol. The molecule has 0 saturated heterocycles. The molecule has 0 atom stereocenters. The molecular weight excluding hydrogens is 176 g/mol. The molecule has 0 fully saturated rings. The van der Waals surface area contributed by atoms with Gasteiger partial charge in [-0.05, 0) is 25.1 Å². The molecule has 0 aromatic carbocycles. The van der Waals surface area contributed by atoms with Gasteiger partial charge in [0.15, 0.2) is 5.82 Å². The van der Waals surface area contributed by atoms with E-state index in [2.05, 4.69) is 10.1 Å². The standard InChI is InChI=1S/C10H12N4/c1-8-5-6-14(13-8)10-4-2-3-9(7-11)12-10/h2-6H,7,11H2,1H3. The van der Waals surface area contributed by atoms with Gasteiger partial charge >= 0.3 is 0 Å². The Bertz CT molecular complexity index is 433. The molecule has 0 radical (unpaired) electrons. The van der Waals surface area contributed by atoms with Crippen LogP contribution in [-0.4, -0.2) is 14.8 Å². The highest BCUT2D eigenvalue weighted by atomic mass is 15.3. The van der Waals surface area contributed by atoms with Gasteiger partial charge in [-0.25, -0.2) is 9.67 Å². The predicted octanol–water partition coefficient (Wildman–Crippen LogP) is 1.03. The molecule has 2 heterocycles. The van der Waals surface area contributed by atoms with Gasteiger partial charge in [-0.2, -0.15) is 5.10 Å². The fraction of sp³-hybridized carbons (Fsp3) is 0.200. The van der Waals surface area contributed by atoms with E-state index in [1.807, 2.05) is 37.4 Å². The minimum absolute atomic E-state index is 0.452. The van der Waals surface area contributed by atoms with Crippen molar-refractivity contribution in [2.45, 2.75) is 13.5 Å². The van der Waals surface area contributed by atoms with Crippen LogP contribution in [-0.2, 0) is 6.54 Å². The Labute approximate surface area is 82.4 Å². The fourth-order valence-corrected chi connectivity index (χ4v) is 1.25. The smallest absolute Gasteiger partial charge is 0.153 e. The third-order valence-electron chi connectivity index (χ3n) is 1.96. The maximum Gasteiger partial charge on any atom is 0.153 e. The summed E-state index contributed by atoms with van der Waals surface area (Å²) in [6.07, 6.45) is 1.89. The van der Waals surface area contributed by atoms with Gasteiger partial charge in [0.1, 0.15) is 0 Å². The largest absolute Gasteiger partial charge is 0.325 e. The highest BCUT2D eigenvalue weighted by Gasteiger charge is 1.99. The number of rotatable bonds is 2. The molecule has 2 aromatic heterocycles. The summed E-state index contributed by atoms with van der Waals surface area (Å²) in [5, 5.41) is 4.27. The molecular formula is C10H12N4. The van der Waals surface area contributed by atoms with E-state index in [0.29, 0.717) is 6.54 Å². The summed E-state index contributed by atoms with van der Waals surface area (Å²) in [5.41, 5.74) is 7.36. The highest BCUT2D eigenvalue weighted by molar-refractivity contribution is 5.24. The van der Waals surface area contributed by atoms with E-state index in [0.717, 1.165) is 17.2 Å². The van der Waals surface area contributed by atoms with Crippen molar-refractivity contribution in [2.75, 3.05) is 0 Å². The minimum atomic E-state index is 0.452. The Hall–Kier alpha value is -1.68. The van der Waals surface area contributed by atoms with E-state index in [-0.39, 0.29) is 0 Å². The van der Waals surface area contributed by atoms with Crippen LogP contribution in [0.3, 0.4) is 0 Å². The zero-order valence-electron chi connectivity index (χ0n) is 8.01. The second-order valence-corrected chi connectivity index (χ2v) is 3.09. The molecule has 2 aromatic rings. The Morgan fingerprint density at radius 1 is 1.36 bits per heavy atom. The molecule has 0 bridgehead atoms. The van der Waals surface area contributed by atoms with Crippen molar-refractivity contribution in [2.24, 2.45) is 5.73 Å². The van der Waals surface area contributed by atoms with Gasteiger partial charge < -0.3 is 5.73 Å². The summed E-state index contributed by atoms with van der Waals surface area (Å²) in [7, 11) is 0. The number of hydrogen-bond acceptors (Lipinski definition) is 3. The van der Waals surface area contributed by atoms with Crippen LogP contribution < -0.4 is 5.73 Å². The van der Waals surface area contributed by atoms with Gasteiger partial charge in [0, 0.05) is 12.7 Å². The Balaban J connectivity index is 2.41. The van der Waals surface area contributed by atoms with Crippen molar-refractivity contribution in [3.8, 4) is 5.82 Å². The van der Waals surface area contributed by atoms with Gasteiger partial charge in [0.25, 0.3) is 0 Å². The van der Waals surface area contributed by atoms with Crippen LogP contribution >= 0.6 is 0 Å². The first kappa shape index (κ1) is 8.90. The summed E-state index contributed by atoms with van der Waals surface area (Å²) in [5.74, 6) is 0.807. The molecule has 14 heavy (non-hydrogen) atoms. The molecule has 0 saturated carbocycles. The van der Waals surface area contributed by atoms with Gasteiger partial charge in [0.05, 0.1) is 11.4 Å². The molecule has 72 valence electrons. The lowest BCUT2D eigenvalue weighted by atomic mass is 10.3. The number of nitrogens with two attached hydrogens (primary N) is 1. The number of pyridine rings is 1. The molecule has 0 unspecified atom stereocenters. The summed E-state index contributed by atoms with van der Waals surface area (Å²) in [4.78, 5) is 4.35. The molecule has 0 aliphatic rings. The molecule has 0 aliphatic carbocycles. The SMILES string of the molecule is Cc1ccn(-c2cccc(CN)n2)n1. The molecule has 0 amide bonds. The first-order valence-corrected chi connectivity index (χ1v) is 4.48. The highest BCUT2D eigenvalue weighted by Crippen LogP contribution is 2.05. The van der Waals surface area contributed by atoms with Crippen molar-refractivity contribution in [3.05, 3.63) is 41.9 Å². The molecule has 2 rings (SSSR count). The van der Waals surface area contributed by atoms with E-state index in [9.17, 15) is 0 Å².